The third-order valence-corrected chi connectivity index (χ3v) is 2.45. The molecule has 0 amide bonds. The number of hydrogen-bond acceptors (Lipinski definition) is 3. The number of benzene rings is 1. The van der Waals surface area contributed by atoms with Crippen LogP contribution in [0.15, 0.2) is 12.1 Å². The highest BCUT2D eigenvalue weighted by Gasteiger charge is 2.13. The summed E-state index contributed by atoms with van der Waals surface area (Å²) in [4.78, 5) is 11.4. The second kappa shape index (κ2) is 5.61. The average Bonchev–Trinajstić information content (AvgIpc) is 2.27. The number of aryl methyl sites for hydroxylation is 2. The van der Waals surface area contributed by atoms with Crippen molar-refractivity contribution in [1.82, 2.24) is 0 Å². The highest BCUT2D eigenvalue weighted by atomic mass is 19.1. The van der Waals surface area contributed by atoms with Gasteiger partial charge < -0.3 is 10.5 Å². The molecule has 1 aromatic carbocycles. The first-order valence-corrected chi connectivity index (χ1v) is 5.17. The van der Waals surface area contributed by atoms with Gasteiger partial charge in [0.25, 0.3) is 0 Å². The Morgan fingerprint density at radius 3 is 2.75 bits per heavy atom. The van der Waals surface area contributed by atoms with E-state index in [9.17, 15) is 9.18 Å². The molecule has 0 saturated carbocycles. The molecule has 2 N–H and O–H groups in total. The van der Waals surface area contributed by atoms with Crippen molar-refractivity contribution >= 4 is 5.97 Å². The monoisotopic (exact) mass is 225 g/mol. The molecule has 16 heavy (non-hydrogen) atoms. The van der Waals surface area contributed by atoms with Crippen LogP contribution in [-0.2, 0) is 11.2 Å². The van der Waals surface area contributed by atoms with Crippen LogP contribution in [0, 0.1) is 12.7 Å². The van der Waals surface area contributed by atoms with Gasteiger partial charge in [-0.2, -0.15) is 0 Å². The van der Waals surface area contributed by atoms with Crippen LogP contribution in [0.25, 0.3) is 0 Å². The number of nitrogens with two attached hydrogens (primary N) is 1. The lowest BCUT2D eigenvalue weighted by Gasteiger charge is -2.08. The lowest BCUT2D eigenvalue weighted by atomic mass is 10.0. The van der Waals surface area contributed by atoms with Crippen molar-refractivity contribution in [2.45, 2.75) is 19.8 Å². The number of ether oxygens (including phenoxy) is 1. The smallest absolute Gasteiger partial charge is 0.338 e. The van der Waals surface area contributed by atoms with Gasteiger partial charge >= 0.3 is 5.97 Å². The molecule has 0 aliphatic carbocycles. The van der Waals surface area contributed by atoms with Crippen molar-refractivity contribution in [1.29, 1.82) is 0 Å². The van der Waals surface area contributed by atoms with E-state index in [1.54, 1.807) is 13.0 Å². The Labute approximate surface area is 94.4 Å². The summed E-state index contributed by atoms with van der Waals surface area (Å²) < 4.78 is 18.2. The maximum atomic E-state index is 13.5. The first-order chi connectivity index (χ1) is 7.60. The van der Waals surface area contributed by atoms with Gasteiger partial charge in [-0.05, 0) is 49.6 Å². The number of methoxy groups -OCH3 is 1. The Bertz CT molecular complexity index is 391. The molecule has 1 rings (SSSR count). The van der Waals surface area contributed by atoms with Crippen molar-refractivity contribution in [3.63, 3.8) is 0 Å². The second-order valence-electron chi connectivity index (χ2n) is 3.64. The molecule has 4 heteroatoms. The fourth-order valence-electron chi connectivity index (χ4n) is 1.53. The maximum absolute atomic E-state index is 13.5. The van der Waals surface area contributed by atoms with Crippen molar-refractivity contribution in [3.8, 4) is 0 Å². The van der Waals surface area contributed by atoms with E-state index < -0.39 is 5.97 Å². The standard InChI is InChI=1S/C12H16FNO2/c1-8-6-11(13)9(4-3-5-14)7-10(8)12(15)16-2/h6-7H,3-5,14H2,1-2H3. The van der Waals surface area contributed by atoms with Gasteiger partial charge in [-0.3, -0.25) is 0 Å². The van der Waals surface area contributed by atoms with Gasteiger partial charge in [0.2, 0.25) is 0 Å². The summed E-state index contributed by atoms with van der Waals surface area (Å²) in [6.45, 7) is 2.18. The summed E-state index contributed by atoms with van der Waals surface area (Å²) in [5.41, 5.74) is 6.87. The molecular weight excluding hydrogens is 209 g/mol. The normalized spacial score (nSPS) is 10.2. The summed E-state index contributed by atoms with van der Waals surface area (Å²) in [5.74, 6) is -0.731. The van der Waals surface area contributed by atoms with Crippen LogP contribution in [0.5, 0.6) is 0 Å². The van der Waals surface area contributed by atoms with Crippen LogP contribution in [0.4, 0.5) is 4.39 Å². The highest BCUT2D eigenvalue weighted by molar-refractivity contribution is 5.91. The molecule has 88 valence electrons. The van der Waals surface area contributed by atoms with Crippen molar-refractivity contribution in [2.75, 3.05) is 13.7 Å². The van der Waals surface area contributed by atoms with Crippen LogP contribution in [0.2, 0.25) is 0 Å². The van der Waals surface area contributed by atoms with Crippen molar-refractivity contribution < 1.29 is 13.9 Å². The number of halogens is 1. The van der Waals surface area contributed by atoms with E-state index in [0.717, 1.165) is 0 Å². The number of carbonyl (C=O) groups excluding carboxylic acids is 1. The largest absolute Gasteiger partial charge is 0.465 e. The predicted octanol–water partition coefficient (Wildman–Crippen LogP) is 1.81. The molecule has 0 aromatic heterocycles. The molecule has 0 aliphatic rings. The molecule has 1 aromatic rings. The van der Waals surface area contributed by atoms with Gasteiger partial charge in [0, 0.05) is 0 Å². The van der Waals surface area contributed by atoms with Gasteiger partial charge in [0.15, 0.2) is 0 Å². The molecule has 0 aliphatic heterocycles. The molecule has 0 heterocycles. The maximum Gasteiger partial charge on any atom is 0.338 e. The summed E-state index contributed by atoms with van der Waals surface area (Å²) >= 11 is 0. The average molecular weight is 225 g/mol. The van der Waals surface area contributed by atoms with E-state index in [2.05, 4.69) is 4.74 Å². The Kier molecular flexibility index (Phi) is 4.43. The molecule has 0 spiro atoms. The van der Waals surface area contributed by atoms with Gasteiger partial charge in [-0.15, -0.1) is 0 Å². The molecule has 3 nitrogen and oxygen atoms in total. The number of hydrogen-bond donors (Lipinski definition) is 1. The zero-order chi connectivity index (χ0) is 12.1. The van der Waals surface area contributed by atoms with Crippen LogP contribution < -0.4 is 5.73 Å². The lowest BCUT2D eigenvalue weighted by Crippen LogP contribution is -2.07. The molecular formula is C12H16FNO2. The molecule has 0 radical (unpaired) electrons. The molecule has 0 unspecified atom stereocenters. The highest BCUT2D eigenvalue weighted by Crippen LogP contribution is 2.17. The van der Waals surface area contributed by atoms with E-state index >= 15 is 0 Å². The third-order valence-electron chi connectivity index (χ3n) is 2.45. The summed E-state index contributed by atoms with van der Waals surface area (Å²) in [6.07, 6.45) is 1.23. The quantitative estimate of drug-likeness (QED) is 0.795. The van der Waals surface area contributed by atoms with Gasteiger partial charge in [-0.25, -0.2) is 9.18 Å². The van der Waals surface area contributed by atoms with Gasteiger partial charge in [0.1, 0.15) is 5.82 Å². The van der Waals surface area contributed by atoms with E-state index in [-0.39, 0.29) is 5.82 Å². The first-order valence-electron chi connectivity index (χ1n) is 5.17. The Hall–Kier alpha value is -1.42. The summed E-state index contributed by atoms with van der Waals surface area (Å²) in [6, 6.07) is 2.91. The van der Waals surface area contributed by atoms with Crippen LogP contribution in [-0.4, -0.2) is 19.6 Å². The van der Waals surface area contributed by atoms with Gasteiger partial charge in [0.05, 0.1) is 12.7 Å². The zero-order valence-corrected chi connectivity index (χ0v) is 9.55. The Balaban J connectivity index is 3.06. The molecule has 0 fully saturated rings. The minimum Gasteiger partial charge on any atom is -0.465 e. The zero-order valence-electron chi connectivity index (χ0n) is 9.55. The SMILES string of the molecule is COC(=O)c1cc(CCCN)c(F)cc1C. The van der Waals surface area contributed by atoms with E-state index in [1.807, 2.05) is 0 Å². The lowest BCUT2D eigenvalue weighted by molar-refractivity contribution is 0.0599. The van der Waals surface area contributed by atoms with E-state index in [4.69, 9.17) is 5.73 Å². The minimum absolute atomic E-state index is 0.293. The fourth-order valence-corrected chi connectivity index (χ4v) is 1.53. The van der Waals surface area contributed by atoms with E-state index in [0.29, 0.717) is 36.1 Å². The van der Waals surface area contributed by atoms with Crippen molar-refractivity contribution in [2.24, 2.45) is 5.73 Å². The topological polar surface area (TPSA) is 52.3 Å². The fraction of sp³-hybridized carbons (Fsp3) is 0.417. The number of carbonyl (C=O) groups is 1. The molecule has 0 atom stereocenters. The third kappa shape index (κ3) is 2.79. The van der Waals surface area contributed by atoms with E-state index in [1.165, 1.54) is 13.2 Å². The van der Waals surface area contributed by atoms with Crippen LogP contribution >= 0.6 is 0 Å². The second-order valence-corrected chi connectivity index (χ2v) is 3.64. The van der Waals surface area contributed by atoms with Crippen molar-refractivity contribution in [3.05, 3.63) is 34.6 Å². The van der Waals surface area contributed by atoms with Crippen LogP contribution in [0.3, 0.4) is 0 Å². The predicted molar refractivity (Wildman–Crippen MR) is 59.9 cm³/mol. The molecule has 0 bridgehead atoms. The molecule has 0 saturated heterocycles. The minimum atomic E-state index is -0.438. The summed E-state index contributed by atoms with van der Waals surface area (Å²) in [7, 11) is 1.31. The number of esters is 1. The van der Waals surface area contributed by atoms with Crippen LogP contribution in [0.1, 0.15) is 27.9 Å². The summed E-state index contributed by atoms with van der Waals surface area (Å²) in [5, 5.41) is 0. The number of rotatable bonds is 4. The Morgan fingerprint density at radius 2 is 2.19 bits per heavy atom. The first kappa shape index (κ1) is 12.6. The Morgan fingerprint density at radius 1 is 1.50 bits per heavy atom. The van der Waals surface area contributed by atoms with Gasteiger partial charge in [-0.1, -0.05) is 0 Å².